The van der Waals surface area contributed by atoms with Crippen molar-refractivity contribution < 1.29 is 130 Å². The molecule has 0 amide bonds. The van der Waals surface area contributed by atoms with Gasteiger partial charge in [-0.2, -0.15) is 0 Å². The molecule has 16 heteroatoms. The molecule has 641 valence electrons. The van der Waals surface area contributed by atoms with Gasteiger partial charge in [0.2, 0.25) is 0 Å². The summed E-state index contributed by atoms with van der Waals surface area (Å²) in [6.07, 6.45) is 13.0. The molecule has 0 saturated carbocycles. The molecule has 15 rings (SSSR count). The second kappa shape index (κ2) is 50.6. The third-order valence-corrected chi connectivity index (χ3v) is 18.2. The Balaban J connectivity index is 0.000000365. The molecule has 5 heterocycles. The number of nitrogens with zero attached hydrogens (tertiary/aromatic N) is 5. The van der Waals surface area contributed by atoms with Crippen molar-refractivity contribution >= 4 is 71.2 Å². The molecule has 5 aromatic heterocycles. The van der Waals surface area contributed by atoms with Gasteiger partial charge in [-0.1, -0.05) is 206 Å². The van der Waals surface area contributed by atoms with Gasteiger partial charge in [-0.05, 0) is 162 Å². The van der Waals surface area contributed by atoms with E-state index in [4.69, 9.17) is 10.2 Å². The largest absolute Gasteiger partial charge is 0.512 e. The van der Waals surface area contributed by atoms with Crippen LogP contribution in [0.3, 0.4) is 0 Å². The Morgan fingerprint density at radius 2 is 0.574 bits per heavy atom. The summed E-state index contributed by atoms with van der Waals surface area (Å²) >= 11 is 0. The van der Waals surface area contributed by atoms with Crippen LogP contribution < -0.4 is 0 Å². The first-order valence-corrected chi connectivity index (χ1v) is 39.0. The van der Waals surface area contributed by atoms with Crippen LogP contribution in [0, 0.1) is 55.0 Å². The Morgan fingerprint density at radius 3 is 0.803 bits per heavy atom. The molecule has 0 atom stereocenters. The Kier molecular flexibility index (Phi) is 44.1. The van der Waals surface area contributed by atoms with Crippen molar-refractivity contribution in [2.24, 2.45) is 10.8 Å². The normalized spacial score (nSPS) is 11.0. The maximum Gasteiger partial charge on any atom is 0.164 e. The van der Waals surface area contributed by atoms with Crippen molar-refractivity contribution in [1.29, 1.82) is 0 Å². The number of rotatable bonds is 8. The monoisotopic (exact) mass is 2510 g/mol. The minimum Gasteiger partial charge on any atom is -0.512 e. The van der Waals surface area contributed by atoms with Gasteiger partial charge in [0.1, 0.15) is 5.76 Å². The zero-order valence-electron chi connectivity index (χ0n) is 72.3. The smallest absolute Gasteiger partial charge is 0.164 e. The number of hydrogen-bond acceptors (Lipinski definition) is 11. The maximum atomic E-state index is 11.5. The minimum atomic E-state index is -0.417. The van der Waals surface area contributed by atoms with Gasteiger partial charge in [0, 0.05) is 161 Å². The van der Waals surface area contributed by atoms with Gasteiger partial charge in [0.05, 0.1) is 11.5 Å². The molecule has 0 aliphatic carbocycles. The molecule has 0 aliphatic heterocycles. The van der Waals surface area contributed by atoms with E-state index in [1.54, 1.807) is 0 Å². The summed E-state index contributed by atoms with van der Waals surface area (Å²) in [5.41, 5.74) is 14.9. The maximum absolute atomic E-state index is 11.5. The molecular weight excluding hydrogens is 2400 g/mol. The molecule has 11 nitrogen and oxygen atoms in total. The molecule has 15 aromatic rings. The predicted octanol–water partition coefficient (Wildman–Crippen LogP) is 26.9. The van der Waals surface area contributed by atoms with Gasteiger partial charge in [0.15, 0.2) is 17.3 Å². The standard InChI is InChI=1S/C20H20N.C19H18N.C16H12N.2C15H10N.C11H20O2.2C5H8O2.5Ir/c1-14-5-7-15(8-6-14)19-18-10-9-17(20(2,3)4)13-16(18)11-12-21-19;1-19(2,3)16-9-10-17-15(13-16)11-12-20-18(17)14-7-5-4-6-8-14;1-12-6-8-14(9-7-12)16-15-5-3-2-4-13(15)10-11-17-16;2*1-2-7-13(8-3-1)15-14-9-5-4-6-12(14)10-11-16-15;1-10(2,3)8(12)7-9(13)11(4,5)6;2*1-4(6)3-5(2)7;;;;;/h5-7,9-13H,1-4H3;4-7,9-13H,1-3H3;2-8,10-11H,1H3;2*1-7,9-11H;7,12H,1-6H3;2*3,6H,1-2H3;;;;;/q5*-1;;;;;;;;. The van der Waals surface area contributed by atoms with Crippen molar-refractivity contribution in [3.8, 4) is 56.3 Å². The fourth-order valence-corrected chi connectivity index (χ4v) is 11.8. The molecule has 5 radical (unpaired) electrons. The van der Waals surface area contributed by atoms with Crippen LogP contribution in [-0.2, 0) is 126 Å². The van der Waals surface area contributed by atoms with Crippen molar-refractivity contribution in [3.05, 3.63) is 368 Å². The number of ketones is 3. The number of aliphatic hydroxyl groups excluding tert-OH is 3. The molecule has 122 heavy (non-hydrogen) atoms. The summed E-state index contributed by atoms with van der Waals surface area (Å²) in [4.78, 5) is 54.0. The van der Waals surface area contributed by atoms with E-state index in [1.807, 2.05) is 206 Å². The van der Waals surface area contributed by atoms with Crippen molar-refractivity contribution in [2.45, 2.75) is 135 Å². The van der Waals surface area contributed by atoms with Gasteiger partial charge in [0.25, 0.3) is 0 Å². The van der Waals surface area contributed by atoms with Gasteiger partial charge >= 0.3 is 0 Å². The number of aryl methyl sites for hydroxylation is 2. The Labute approximate surface area is 789 Å². The number of carbonyl (C=O) groups is 3. The number of allylic oxidation sites excluding steroid dienone is 6. The van der Waals surface area contributed by atoms with Gasteiger partial charge in [-0.15, -0.1) is 178 Å². The SMILES string of the molecule is CC(=O)C=C(C)O.CC(=O)C=C(C)O.CC(C)(C)C(=O)C=C(O)C(C)(C)C.CC(C)(C)c1ccc2c(-c3[c-]cccc3)nccc2c1.Cc1c[c-]c(-c2nccc3cc(C(C)(C)C)ccc23)cc1.Cc1c[c-]c(-c2nccc3ccccc23)cc1.[Ir].[Ir].[Ir].[Ir].[Ir].[c-]1ccccc1-c1nccc2ccccc12.[c-]1ccccc1-c1nccc2ccccc12. The molecule has 0 spiro atoms. The summed E-state index contributed by atoms with van der Waals surface area (Å²) in [5, 5.41) is 38.3. The number of hydrogen-bond donors (Lipinski definition) is 3. The third kappa shape index (κ3) is 33.1. The summed E-state index contributed by atoms with van der Waals surface area (Å²) in [7, 11) is 0. The van der Waals surface area contributed by atoms with Crippen molar-refractivity contribution in [1.82, 2.24) is 24.9 Å². The molecule has 0 aliphatic rings. The van der Waals surface area contributed by atoms with Gasteiger partial charge < -0.3 is 40.2 Å². The molecule has 0 saturated heterocycles. The van der Waals surface area contributed by atoms with E-state index in [0.717, 1.165) is 56.3 Å². The van der Waals surface area contributed by atoms with E-state index in [2.05, 4.69) is 226 Å². The van der Waals surface area contributed by atoms with Crippen LogP contribution in [0.5, 0.6) is 0 Å². The van der Waals surface area contributed by atoms with E-state index >= 15 is 0 Å². The fourth-order valence-electron chi connectivity index (χ4n) is 11.8. The number of carbonyl (C=O) groups excluding carboxylic acids is 3. The number of pyridine rings is 5. The fraction of sp³-hybridized carbons (Fsp3) is 0.208. The summed E-state index contributed by atoms with van der Waals surface area (Å²) in [5.74, 6) is -0.0210. The zero-order chi connectivity index (χ0) is 85.0. The van der Waals surface area contributed by atoms with E-state index in [-0.39, 0.29) is 151 Å². The third-order valence-electron chi connectivity index (χ3n) is 18.2. The first kappa shape index (κ1) is 106. The average Bonchev–Trinajstić information content (AvgIpc) is 0.898. The second-order valence-electron chi connectivity index (χ2n) is 32.4. The minimum absolute atomic E-state index is 0. The Hall–Kier alpha value is -9.87. The van der Waals surface area contributed by atoms with Crippen LogP contribution in [0.1, 0.15) is 133 Å². The molecule has 0 unspecified atom stereocenters. The molecule has 0 fully saturated rings. The van der Waals surface area contributed by atoms with Crippen LogP contribution in [0.4, 0.5) is 0 Å². The molecule has 10 aromatic carbocycles. The van der Waals surface area contributed by atoms with E-state index in [0.29, 0.717) is 0 Å². The first-order chi connectivity index (χ1) is 55.5. The zero-order valence-corrected chi connectivity index (χ0v) is 84.2. The average molecular weight is 2510 g/mol. The van der Waals surface area contributed by atoms with Gasteiger partial charge in [-0.3, -0.25) is 14.4 Å². The Morgan fingerprint density at radius 1 is 0.303 bits per heavy atom. The van der Waals surface area contributed by atoms with Crippen molar-refractivity contribution in [3.63, 3.8) is 0 Å². The predicted molar refractivity (Wildman–Crippen MR) is 486 cm³/mol. The van der Waals surface area contributed by atoms with E-state index in [1.165, 1.54) is 122 Å². The molecular formula is C106H106Ir5N5O6-5. The summed E-state index contributed by atoms with van der Waals surface area (Å²) in [6.45, 7) is 34.4. The van der Waals surface area contributed by atoms with E-state index < -0.39 is 5.41 Å². The Bertz CT molecular complexity index is 5750. The molecule has 0 bridgehead atoms. The van der Waals surface area contributed by atoms with Gasteiger partial charge in [-0.25, -0.2) is 0 Å². The number of aliphatic hydroxyl groups is 3. The van der Waals surface area contributed by atoms with Crippen molar-refractivity contribution in [2.75, 3.05) is 0 Å². The van der Waals surface area contributed by atoms with E-state index in [9.17, 15) is 19.5 Å². The van der Waals surface area contributed by atoms with Crippen LogP contribution in [-0.4, -0.2) is 57.6 Å². The summed E-state index contributed by atoms with van der Waals surface area (Å²) < 4.78 is 0. The van der Waals surface area contributed by atoms with Crippen LogP contribution in [0.25, 0.3) is 110 Å². The summed E-state index contributed by atoms with van der Waals surface area (Å²) in [6, 6.07) is 101. The molecule has 3 N–H and O–H groups in total. The number of benzene rings is 10. The van der Waals surface area contributed by atoms with Crippen LogP contribution in [0.15, 0.2) is 315 Å². The topological polar surface area (TPSA) is 176 Å². The quantitative estimate of drug-likeness (QED) is 0.0750. The van der Waals surface area contributed by atoms with Crippen LogP contribution >= 0.6 is 0 Å². The first-order valence-electron chi connectivity index (χ1n) is 39.0. The number of fused-ring (bicyclic) bond motifs is 5. The number of aromatic nitrogens is 5. The van der Waals surface area contributed by atoms with Crippen LogP contribution in [0.2, 0.25) is 0 Å². The second-order valence-corrected chi connectivity index (χ2v) is 32.4.